The second kappa shape index (κ2) is 6.86. The molecule has 1 aromatic rings. The van der Waals surface area contributed by atoms with Crippen molar-refractivity contribution >= 4 is 11.6 Å². The highest BCUT2D eigenvalue weighted by Gasteiger charge is 2.17. The van der Waals surface area contributed by atoms with Crippen molar-refractivity contribution in [3.05, 3.63) is 22.7 Å². The lowest BCUT2D eigenvalue weighted by molar-refractivity contribution is 0.174. The van der Waals surface area contributed by atoms with Crippen LogP contribution in [0.5, 0.6) is 11.5 Å². The first-order chi connectivity index (χ1) is 8.81. The minimum Gasteiger partial charge on any atom is -0.454 e. The smallest absolute Gasteiger partial charge is 0.231 e. The fraction of sp³-hybridized carbons (Fsp3) is 0.571. The Balaban J connectivity index is 1.78. The molecule has 0 saturated heterocycles. The predicted molar refractivity (Wildman–Crippen MR) is 73.4 cm³/mol. The second-order valence-corrected chi connectivity index (χ2v) is 4.96. The van der Waals surface area contributed by atoms with Crippen LogP contribution >= 0.6 is 11.6 Å². The van der Waals surface area contributed by atoms with Crippen LogP contribution in [0, 0.1) is 0 Å². The van der Waals surface area contributed by atoms with Gasteiger partial charge in [-0.05, 0) is 30.7 Å². The van der Waals surface area contributed by atoms with E-state index in [1.807, 2.05) is 12.1 Å². The highest BCUT2D eigenvalue weighted by atomic mass is 35.5. The van der Waals surface area contributed by atoms with Gasteiger partial charge in [0.25, 0.3) is 0 Å². The third kappa shape index (κ3) is 3.53. The molecule has 18 heavy (non-hydrogen) atoms. The molecule has 0 atom stereocenters. The van der Waals surface area contributed by atoms with Gasteiger partial charge in [0.05, 0.1) is 5.02 Å². The molecule has 0 aromatic heterocycles. The van der Waals surface area contributed by atoms with Crippen molar-refractivity contribution in [2.45, 2.75) is 39.2 Å². The largest absolute Gasteiger partial charge is 0.454 e. The Morgan fingerprint density at radius 1 is 1.22 bits per heavy atom. The van der Waals surface area contributed by atoms with Gasteiger partial charge in [0, 0.05) is 6.54 Å². The molecule has 2 rings (SSSR count). The van der Waals surface area contributed by atoms with E-state index in [0.717, 1.165) is 24.4 Å². The molecular weight excluding hydrogens is 250 g/mol. The lowest BCUT2D eigenvalue weighted by Gasteiger charge is -2.07. The molecule has 100 valence electrons. The van der Waals surface area contributed by atoms with Crippen molar-refractivity contribution in [1.29, 1.82) is 0 Å². The van der Waals surface area contributed by atoms with Crippen molar-refractivity contribution < 1.29 is 9.47 Å². The summed E-state index contributed by atoms with van der Waals surface area (Å²) in [7, 11) is 0. The number of halogens is 1. The fourth-order valence-electron chi connectivity index (χ4n) is 2.03. The van der Waals surface area contributed by atoms with Crippen molar-refractivity contribution in [2.24, 2.45) is 0 Å². The zero-order valence-corrected chi connectivity index (χ0v) is 11.6. The number of fused-ring (bicyclic) bond motifs is 1. The lowest BCUT2D eigenvalue weighted by Crippen LogP contribution is -2.14. The molecule has 0 saturated carbocycles. The van der Waals surface area contributed by atoms with E-state index in [2.05, 4.69) is 12.2 Å². The first-order valence-corrected chi connectivity index (χ1v) is 6.98. The lowest BCUT2D eigenvalue weighted by atomic mass is 10.2. The third-order valence-corrected chi connectivity index (χ3v) is 3.30. The Labute approximate surface area is 113 Å². The average Bonchev–Trinajstić information content (AvgIpc) is 2.82. The van der Waals surface area contributed by atoms with Gasteiger partial charge in [0.15, 0.2) is 11.5 Å². The van der Waals surface area contributed by atoms with Gasteiger partial charge in [-0.3, -0.25) is 0 Å². The summed E-state index contributed by atoms with van der Waals surface area (Å²) in [6.45, 7) is 4.36. The van der Waals surface area contributed by atoms with Crippen molar-refractivity contribution in [2.75, 3.05) is 13.3 Å². The summed E-state index contributed by atoms with van der Waals surface area (Å²) in [5, 5.41) is 4.06. The molecular formula is C14H20ClNO2. The second-order valence-electron chi connectivity index (χ2n) is 4.55. The third-order valence-electron chi connectivity index (χ3n) is 3.02. The molecule has 0 radical (unpaired) electrons. The monoisotopic (exact) mass is 269 g/mol. The molecule has 1 aliphatic rings. The predicted octanol–water partition coefficient (Wildman–Crippen LogP) is 3.74. The molecule has 1 aromatic carbocycles. The van der Waals surface area contributed by atoms with Crippen molar-refractivity contribution in [1.82, 2.24) is 5.32 Å². The summed E-state index contributed by atoms with van der Waals surface area (Å²) in [6, 6.07) is 3.93. The molecule has 1 N–H and O–H groups in total. The van der Waals surface area contributed by atoms with Crippen LogP contribution in [0.2, 0.25) is 5.02 Å². The SMILES string of the molecule is CCCCCCNCc1cc(Cl)c2c(c1)OCO2. The van der Waals surface area contributed by atoms with Gasteiger partial charge in [0.1, 0.15) is 0 Å². The highest BCUT2D eigenvalue weighted by Crippen LogP contribution is 2.39. The number of hydrogen-bond acceptors (Lipinski definition) is 3. The molecule has 0 fully saturated rings. The summed E-state index contributed by atoms with van der Waals surface area (Å²) < 4.78 is 10.6. The molecule has 0 spiro atoms. The Morgan fingerprint density at radius 2 is 2.11 bits per heavy atom. The Bertz CT molecular complexity index is 396. The summed E-state index contributed by atoms with van der Waals surface area (Å²) in [6.07, 6.45) is 5.12. The number of rotatable bonds is 7. The maximum absolute atomic E-state index is 6.12. The van der Waals surface area contributed by atoms with Crippen LogP contribution < -0.4 is 14.8 Å². The van der Waals surface area contributed by atoms with E-state index in [-0.39, 0.29) is 6.79 Å². The van der Waals surface area contributed by atoms with Gasteiger partial charge in [-0.1, -0.05) is 37.8 Å². The Kier molecular flexibility index (Phi) is 5.14. The van der Waals surface area contributed by atoms with E-state index in [1.165, 1.54) is 25.7 Å². The quantitative estimate of drug-likeness (QED) is 0.765. The summed E-state index contributed by atoms with van der Waals surface area (Å²) in [5.74, 6) is 1.42. The van der Waals surface area contributed by atoms with Gasteiger partial charge in [-0.2, -0.15) is 0 Å². The fourth-order valence-corrected chi connectivity index (χ4v) is 2.32. The Hall–Kier alpha value is -0.930. The number of hydrogen-bond donors (Lipinski definition) is 1. The normalized spacial score (nSPS) is 13.0. The maximum atomic E-state index is 6.12. The number of benzene rings is 1. The van der Waals surface area contributed by atoms with Crippen LogP contribution in [0.15, 0.2) is 12.1 Å². The number of ether oxygens (including phenoxy) is 2. The molecule has 1 aliphatic heterocycles. The van der Waals surface area contributed by atoms with Gasteiger partial charge < -0.3 is 14.8 Å². The maximum Gasteiger partial charge on any atom is 0.231 e. The summed E-state index contributed by atoms with van der Waals surface area (Å²) >= 11 is 6.12. The molecule has 0 unspecified atom stereocenters. The molecule has 0 aliphatic carbocycles. The molecule has 0 bridgehead atoms. The van der Waals surface area contributed by atoms with E-state index >= 15 is 0 Å². The van der Waals surface area contributed by atoms with Gasteiger partial charge in [-0.25, -0.2) is 0 Å². The summed E-state index contributed by atoms with van der Waals surface area (Å²) in [5.41, 5.74) is 1.14. The van der Waals surface area contributed by atoms with E-state index in [4.69, 9.17) is 21.1 Å². The minimum atomic E-state index is 0.267. The molecule has 4 heteroatoms. The van der Waals surface area contributed by atoms with Gasteiger partial charge >= 0.3 is 0 Å². The van der Waals surface area contributed by atoms with Crippen LogP contribution in [0.25, 0.3) is 0 Å². The van der Waals surface area contributed by atoms with Gasteiger partial charge in [-0.15, -0.1) is 0 Å². The molecule has 3 nitrogen and oxygen atoms in total. The van der Waals surface area contributed by atoms with E-state index < -0.39 is 0 Å². The van der Waals surface area contributed by atoms with E-state index in [9.17, 15) is 0 Å². The number of nitrogens with one attached hydrogen (secondary N) is 1. The molecule has 0 amide bonds. The Morgan fingerprint density at radius 3 is 2.94 bits per heavy atom. The zero-order chi connectivity index (χ0) is 12.8. The highest BCUT2D eigenvalue weighted by molar-refractivity contribution is 6.32. The van der Waals surface area contributed by atoms with Crippen molar-refractivity contribution in [3.8, 4) is 11.5 Å². The van der Waals surface area contributed by atoms with Crippen molar-refractivity contribution in [3.63, 3.8) is 0 Å². The van der Waals surface area contributed by atoms with E-state index in [1.54, 1.807) is 0 Å². The van der Waals surface area contributed by atoms with Gasteiger partial charge in [0.2, 0.25) is 6.79 Å². The van der Waals surface area contributed by atoms with Crippen LogP contribution in [-0.4, -0.2) is 13.3 Å². The van der Waals surface area contributed by atoms with Crippen LogP contribution in [0.3, 0.4) is 0 Å². The zero-order valence-electron chi connectivity index (χ0n) is 10.8. The van der Waals surface area contributed by atoms with Crippen LogP contribution in [0.4, 0.5) is 0 Å². The van der Waals surface area contributed by atoms with Crippen LogP contribution in [0.1, 0.15) is 38.2 Å². The first-order valence-electron chi connectivity index (χ1n) is 6.60. The van der Waals surface area contributed by atoms with Crippen LogP contribution in [-0.2, 0) is 6.54 Å². The molecule has 1 heterocycles. The standard InChI is InChI=1S/C14H20ClNO2/c1-2-3-4-5-6-16-9-11-7-12(15)14-13(8-11)17-10-18-14/h7-8,16H,2-6,9-10H2,1H3. The topological polar surface area (TPSA) is 30.5 Å². The number of unbranched alkanes of at least 4 members (excludes halogenated alkanes) is 3. The summed E-state index contributed by atoms with van der Waals surface area (Å²) in [4.78, 5) is 0. The first kappa shape index (κ1) is 13.5. The van der Waals surface area contributed by atoms with E-state index in [0.29, 0.717) is 10.8 Å². The average molecular weight is 270 g/mol. The minimum absolute atomic E-state index is 0.267.